The molecule has 0 radical (unpaired) electrons. The summed E-state index contributed by atoms with van der Waals surface area (Å²) in [5.74, 6) is 2.62. The van der Waals surface area contributed by atoms with Crippen molar-refractivity contribution in [3.8, 4) is 0 Å². The first-order chi connectivity index (χ1) is 7.72. The second-order valence-corrected chi connectivity index (χ2v) is 4.62. The molecule has 88 valence electrons. The van der Waals surface area contributed by atoms with Gasteiger partial charge in [0.05, 0.1) is 0 Å². The maximum absolute atomic E-state index is 5.63. The number of anilines is 1. The van der Waals surface area contributed by atoms with Crippen molar-refractivity contribution in [3.05, 3.63) is 18.1 Å². The van der Waals surface area contributed by atoms with E-state index in [0.29, 0.717) is 18.5 Å². The monoisotopic (exact) mass is 220 g/mol. The highest BCUT2D eigenvalue weighted by Crippen LogP contribution is 2.38. The summed E-state index contributed by atoms with van der Waals surface area (Å²) in [6, 6.07) is 2.40. The summed E-state index contributed by atoms with van der Waals surface area (Å²) in [6.45, 7) is 5.82. The highest BCUT2D eigenvalue weighted by atomic mass is 15.2. The van der Waals surface area contributed by atoms with Crippen LogP contribution >= 0.6 is 0 Å². The topological polar surface area (TPSA) is 55.0 Å². The Labute approximate surface area is 96.9 Å². The van der Waals surface area contributed by atoms with Crippen LogP contribution in [0.4, 0.5) is 5.82 Å². The van der Waals surface area contributed by atoms with Gasteiger partial charge in [-0.2, -0.15) is 0 Å². The molecule has 1 aliphatic rings. The van der Waals surface area contributed by atoms with Crippen molar-refractivity contribution in [1.29, 1.82) is 0 Å². The molecule has 0 spiro atoms. The summed E-state index contributed by atoms with van der Waals surface area (Å²) >= 11 is 0. The summed E-state index contributed by atoms with van der Waals surface area (Å²) in [6.07, 6.45) is 4.34. The molecule has 0 aliphatic heterocycles. The second-order valence-electron chi connectivity index (χ2n) is 4.62. The minimum atomic E-state index is 0.422. The SMILES string of the molecule is CC(C)N(CCN)c1ccnc(C2CC2)n1. The Hall–Kier alpha value is -1.16. The Kier molecular flexibility index (Phi) is 3.39. The average Bonchev–Trinajstić information content (AvgIpc) is 3.09. The molecule has 2 N–H and O–H groups in total. The Morgan fingerprint density at radius 2 is 2.25 bits per heavy atom. The van der Waals surface area contributed by atoms with E-state index in [9.17, 15) is 0 Å². The van der Waals surface area contributed by atoms with Gasteiger partial charge in [0.2, 0.25) is 0 Å². The molecule has 4 heteroatoms. The molecule has 0 amide bonds. The van der Waals surface area contributed by atoms with E-state index in [-0.39, 0.29) is 0 Å². The van der Waals surface area contributed by atoms with Crippen LogP contribution in [0.1, 0.15) is 38.4 Å². The molecule has 1 heterocycles. The van der Waals surface area contributed by atoms with Crippen molar-refractivity contribution in [3.63, 3.8) is 0 Å². The molecule has 1 fully saturated rings. The molecular weight excluding hydrogens is 200 g/mol. The van der Waals surface area contributed by atoms with Crippen LogP contribution in [0.15, 0.2) is 12.3 Å². The lowest BCUT2D eigenvalue weighted by molar-refractivity contribution is 0.670. The molecular formula is C12H20N4. The lowest BCUT2D eigenvalue weighted by atomic mass is 10.3. The number of hydrogen-bond acceptors (Lipinski definition) is 4. The fraction of sp³-hybridized carbons (Fsp3) is 0.667. The van der Waals surface area contributed by atoms with E-state index in [1.807, 2.05) is 12.3 Å². The van der Waals surface area contributed by atoms with E-state index in [4.69, 9.17) is 5.73 Å². The summed E-state index contributed by atoms with van der Waals surface area (Å²) < 4.78 is 0. The van der Waals surface area contributed by atoms with Gasteiger partial charge in [-0.05, 0) is 32.8 Å². The van der Waals surface area contributed by atoms with Crippen LogP contribution in [-0.2, 0) is 0 Å². The molecule has 1 aromatic heterocycles. The summed E-state index contributed by atoms with van der Waals surface area (Å²) in [5, 5.41) is 0. The van der Waals surface area contributed by atoms with E-state index in [0.717, 1.165) is 18.2 Å². The van der Waals surface area contributed by atoms with Gasteiger partial charge < -0.3 is 10.6 Å². The molecule has 0 saturated heterocycles. The molecule has 2 rings (SSSR count). The van der Waals surface area contributed by atoms with Crippen molar-refractivity contribution < 1.29 is 0 Å². The first-order valence-electron chi connectivity index (χ1n) is 6.02. The minimum Gasteiger partial charge on any atom is -0.353 e. The molecule has 16 heavy (non-hydrogen) atoms. The second kappa shape index (κ2) is 4.78. The van der Waals surface area contributed by atoms with Gasteiger partial charge >= 0.3 is 0 Å². The molecule has 4 nitrogen and oxygen atoms in total. The highest BCUT2D eigenvalue weighted by molar-refractivity contribution is 5.39. The molecule has 0 atom stereocenters. The molecule has 0 bridgehead atoms. The molecule has 1 aromatic rings. The van der Waals surface area contributed by atoms with Gasteiger partial charge in [0, 0.05) is 31.2 Å². The van der Waals surface area contributed by atoms with E-state index >= 15 is 0 Å². The summed E-state index contributed by atoms with van der Waals surface area (Å²) in [7, 11) is 0. The third-order valence-corrected chi connectivity index (χ3v) is 2.89. The van der Waals surface area contributed by atoms with Crippen LogP contribution in [0.25, 0.3) is 0 Å². The van der Waals surface area contributed by atoms with Gasteiger partial charge in [0.25, 0.3) is 0 Å². The Morgan fingerprint density at radius 1 is 1.50 bits per heavy atom. The Balaban J connectivity index is 2.19. The van der Waals surface area contributed by atoms with Gasteiger partial charge in [-0.3, -0.25) is 0 Å². The van der Waals surface area contributed by atoms with Crippen molar-refractivity contribution >= 4 is 5.82 Å². The normalized spacial score (nSPS) is 15.5. The number of rotatable bonds is 5. The number of nitrogens with two attached hydrogens (primary N) is 1. The Bertz CT molecular complexity index is 347. The van der Waals surface area contributed by atoms with Gasteiger partial charge in [-0.15, -0.1) is 0 Å². The highest BCUT2D eigenvalue weighted by Gasteiger charge is 2.27. The minimum absolute atomic E-state index is 0.422. The molecule has 1 aliphatic carbocycles. The van der Waals surface area contributed by atoms with E-state index < -0.39 is 0 Å². The standard InChI is InChI=1S/C12H20N4/c1-9(2)16(8-6-13)11-5-7-14-12(15-11)10-3-4-10/h5,7,9-10H,3-4,6,8,13H2,1-2H3. The smallest absolute Gasteiger partial charge is 0.133 e. The molecule has 0 unspecified atom stereocenters. The lowest BCUT2D eigenvalue weighted by Gasteiger charge is -2.27. The zero-order chi connectivity index (χ0) is 11.5. The summed E-state index contributed by atoms with van der Waals surface area (Å²) in [4.78, 5) is 11.2. The fourth-order valence-electron chi connectivity index (χ4n) is 1.84. The maximum Gasteiger partial charge on any atom is 0.133 e. The van der Waals surface area contributed by atoms with Gasteiger partial charge in [0.1, 0.15) is 11.6 Å². The first kappa shape index (κ1) is 11.3. The third-order valence-electron chi connectivity index (χ3n) is 2.89. The predicted octanol–water partition coefficient (Wildman–Crippen LogP) is 1.53. The van der Waals surface area contributed by atoms with Crippen molar-refractivity contribution in [2.45, 2.75) is 38.6 Å². The fourth-order valence-corrected chi connectivity index (χ4v) is 1.84. The molecule has 0 aromatic carbocycles. The van der Waals surface area contributed by atoms with Crippen molar-refractivity contribution in [1.82, 2.24) is 9.97 Å². The quantitative estimate of drug-likeness (QED) is 0.817. The number of nitrogens with zero attached hydrogens (tertiary/aromatic N) is 3. The van der Waals surface area contributed by atoms with Gasteiger partial charge in [0.15, 0.2) is 0 Å². The number of hydrogen-bond donors (Lipinski definition) is 1. The molecule has 1 saturated carbocycles. The van der Waals surface area contributed by atoms with Gasteiger partial charge in [-0.1, -0.05) is 0 Å². The lowest BCUT2D eigenvalue weighted by Crippen LogP contribution is -2.36. The van der Waals surface area contributed by atoms with E-state index in [1.165, 1.54) is 12.8 Å². The number of aromatic nitrogens is 2. The van der Waals surface area contributed by atoms with Crippen LogP contribution < -0.4 is 10.6 Å². The zero-order valence-corrected chi connectivity index (χ0v) is 10.1. The Morgan fingerprint density at radius 3 is 2.81 bits per heavy atom. The predicted molar refractivity (Wildman–Crippen MR) is 65.5 cm³/mol. The maximum atomic E-state index is 5.63. The van der Waals surface area contributed by atoms with Crippen LogP contribution in [-0.4, -0.2) is 29.1 Å². The third kappa shape index (κ3) is 2.50. The van der Waals surface area contributed by atoms with E-state index in [1.54, 1.807) is 0 Å². The van der Waals surface area contributed by atoms with Crippen molar-refractivity contribution in [2.75, 3.05) is 18.0 Å². The van der Waals surface area contributed by atoms with Crippen LogP contribution in [0, 0.1) is 0 Å². The van der Waals surface area contributed by atoms with E-state index in [2.05, 4.69) is 28.7 Å². The van der Waals surface area contributed by atoms with Crippen LogP contribution in [0.3, 0.4) is 0 Å². The van der Waals surface area contributed by atoms with Crippen LogP contribution in [0.2, 0.25) is 0 Å². The van der Waals surface area contributed by atoms with Crippen molar-refractivity contribution in [2.24, 2.45) is 5.73 Å². The largest absolute Gasteiger partial charge is 0.353 e. The average molecular weight is 220 g/mol. The van der Waals surface area contributed by atoms with Gasteiger partial charge in [-0.25, -0.2) is 9.97 Å². The first-order valence-corrected chi connectivity index (χ1v) is 6.02. The van der Waals surface area contributed by atoms with Crippen LogP contribution in [0.5, 0.6) is 0 Å². The summed E-state index contributed by atoms with van der Waals surface area (Å²) in [5.41, 5.74) is 5.63. The zero-order valence-electron chi connectivity index (χ0n) is 10.1.